The van der Waals surface area contributed by atoms with E-state index in [1.165, 1.54) is 6.33 Å². The Kier molecular flexibility index (Phi) is 3.69. The molecule has 0 fully saturated rings. The minimum atomic E-state index is 0.623. The van der Waals surface area contributed by atoms with Crippen molar-refractivity contribution in [2.45, 2.75) is 0 Å². The molecule has 6 nitrogen and oxygen atoms in total. The molecule has 0 atom stereocenters. The normalized spacial score (nSPS) is 11.1. The third-order valence-corrected chi connectivity index (χ3v) is 4.66. The second-order valence-electron chi connectivity index (χ2n) is 5.90. The first-order chi connectivity index (χ1) is 13.3. The Balaban J connectivity index is 1.75. The topological polar surface area (TPSA) is 69.6 Å². The zero-order chi connectivity index (χ0) is 18.2. The van der Waals surface area contributed by atoms with Crippen molar-refractivity contribution >= 4 is 22.6 Å². The molecule has 0 aliphatic heterocycles. The highest BCUT2D eigenvalue weighted by atomic mass is 35.5. The Morgan fingerprint density at radius 2 is 1.81 bits per heavy atom. The van der Waals surface area contributed by atoms with Crippen molar-refractivity contribution in [2.24, 2.45) is 0 Å². The molecule has 0 amide bonds. The number of nitrogens with zero attached hydrogens (tertiary/aromatic N) is 5. The van der Waals surface area contributed by atoms with Gasteiger partial charge in [-0.3, -0.25) is 0 Å². The van der Waals surface area contributed by atoms with Crippen LogP contribution >= 0.6 is 11.6 Å². The highest BCUT2D eigenvalue weighted by Crippen LogP contribution is 2.37. The number of hydrogen-bond donors (Lipinski definition) is 0. The molecule has 0 spiro atoms. The standard InChI is InChI=1S/C20H12ClN5O/c21-17-8-2-1-5-14(17)18-15-7-3-6-13(19(15)27-25-18)16-11-22-12-23-20(16)26-10-4-9-24-26/h1-12H. The van der Waals surface area contributed by atoms with Gasteiger partial charge in [-0.25, -0.2) is 14.6 Å². The van der Waals surface area contributed by atoms with Crippen LogP contribution in [0.2, 0.25) is 5.02 Å². The Labute approximate surface area is 159 Å². The molecule has 3 aromatic heterocycles. The number of para-hydroxylation sites is 1. The van der Waals surface area contributed by atoms with Crippen molar-refractivity contribution in [3.63, 3.8) is 0 Å². The van der Waals surface area contributed by atoms with E-state index in [-0.39, 0.29) is 0 Å². The predicted octanol–water partition coefficient (Wildman–Crippen LogP) is 4.79. The first kappa shape index (κ1) is 15.7. The van der Waals surface area contributed by atoms with Gasteiger partial charge in [0, 0.05) is 35.3 Å². The predicted molar refractivity (Wildman–Crippen MR) is 103 cm³/mol. The van der Waals surface area contributed by atoms with Crippen LogP contribution < -0.4 is 0 Å². The molecule has 5 rings (SSSR count). The second-order valence-corrected chi connectivity index (χ2v) is 6.31. The molecule has 0 saturated heterocycles. The molecule has 0 aliphatic rings. The molecule has 130 valence electrons. The Hall–Kier alpha value is -3.51. The number of rotatable bonds is 3. The van der Waals surface area contributed by atoms with Gasteiger partial charge in [-0.1, -0.05) is 47.1 Å². The summed E-state index contributed by atoms with van der Waals surface area (Å²) in [5.41, 5.74) is 3.82. The lowest BCUT2D eigenvalue weighted by Gasteiger charge is -2.08. The molecule has 3 heterocycles. The number of benzene rings is 2. The fourth-order valence-corrected chi connectivity index (χ4v) is 3.34. The van der Waals surface area contributed by atoms with Crippen molar-refractivity contribution in [1.29, 1.82) is 0 Å². The lowest BCUT2D eigenvalue weighted by atomic mass is 10.0. The maximum Gasteiger partial charge on any atom is 0.175 e. The molecule has 0 aliphatic carbocycles. The lowest BCUT2D eigenvalue weighted by molar-refractivity contribution is 0.460. The summed E-state index contributed by atoms with van der Waals surface area (Å²) in [6.45, 7) is 0. The summed E-state index contributed by atoms with van der Waals surface area (Å²) in [5, 5.41) is 10.1. The molecule has 0 saturated carbocycles. The van der Waals surface area contributed by atoms with Crippen LogP contribution in [0.3, 0.4) is 0 Å². The summed E-state index contributed by atoms with van der Waals surface area (Å²) in [6.07, 6.45) is 6.78. The van der Waals surface area contributed by atoms with Gasteiger partial charge in [0.1, 0.15) is 12.0 Å². The molecule has 5 aromatic rings. The average Bonchev–Trinajstić information content (AvgIpc) is 3.38. The van der Waals surface area contributed by atoms with Gasteiger partial charge in [-0.05, 0) is 18.2 Å². The minimum Gasteiger partial charge on any atom is -0.355 e. The Morgan fingerprint density at radius 3 is 2.67 bits per heavy atom. The van der Waals surface area contributed by atoms with E-state index in [4.69, 9.17) is 16.1 Å². The summed E-state index contributed by atoms with van der Waals surface area (Å²) in [6, 6.07) is 15.3. The van der Waals surface area contributed by atoms with Gasteiger partial charge >= 0.3 is 0 Å². The zero-order valence-corrected chi connectivity index (χ0v) is 14.7. The van der Waals surface area contributed by atoms with Gasteiger partial charge in [-0.15, -0.1) is 0 Å². The van der Waals surface area contributed by atoms with Crippen LogP contribution in [0.15, 0.2) is 78.0 Å². The van der Waals surface area contributed by atoms with E-state index in [2.05, 4.69) is 20.2 Å². The molecule has 0 unspecified atom stereocenters. The molecular weight excluding hydrogens is 362 g/mol. The first-order valence-corrected chi connectivity index (χ1v) is 8.64. The molecular formula is C20H12ClN5O. The van der Waals surface area contributed by atoms with Gasteiger partial charge in [-0.2, -0.15) is 5.10 Å². The fourth-order valence-electron chi connectivity index (χ4n) is 3.11. The van der Waals surface area contributed by atoms with Crippen LogP contribution in [0.1, 0.15) is 0 Å². The van der Waals surface area contributed by atoms with Crippen molar-refractivity contribution in [2.75, 3.05) is 0 Å². The Morgan fingerprint density at radius 1 is 0.926 bits per heavy atom. The maximum absolute atomic E-state index is 6.35. The minimum absolute atomic E-state index is 0.623. The molecule has 2 aromatic carbocycles. The Bertz CT molecular complexity index is 1250. The van der Waals surface area contributed by atoms with E-state index < -0.39 is 0 Å². The summed E-state index contributed by atoms with van der Waals surface area (Å²) in [5.74, 6) is 0.665. The van der Waals surface area contributed by atoms with E-state index in [0.717, 1.165) is 22.1 Å². The maximum atomic E-state index is 6.35. The van der Waals surface area contributed by atoms with Gasteiger partial charge in [0.05, 0.1) is 10.4 Å². The smallest absolute Gasteiger partial charge is 0.175 e. The van der Waals surface area contributed by atoms with E-state index >= 15 is 0 Å². The molecule has 27 heavy (non-hydrogen) atoms. The van der Waals surface area contributed by atoms with E-state index in [1.807, 2.05) is 54.7 Å². The van der Waals surface area contributed by atoms with Crippen molar-refractivity contribution in [3.05, 3.63) is 78.5 Å². The number of aromatic nitrogens is 5. The van der Waals surface area contributed by atoms with E-state index in [1.54, 1.807) is 17.1 Å². The number of fused-ring (bicyclic) bond motifs is 1. The third kappa shape index (κ3) is 2.58. The number of hydrogen-bond acceptors (Lipinski definition) is 5. The van der Waals surface area contributed by atoms with Crippen molar-refractivity contribution in [3.8, 4) is 28.2 Å². The average molecular weight is 374 g/mol. The monoisotopic (exact) mass is 373 g/mol. The molecule has 0 bridgehead atoms. The van der Waals surface area contributed by atoms with Crippen LogP contribution in [0.5, 0.6) is 0 Å². The van der Waals surface area contributed by atoms with Gasteiger partial charge < -0.3 is 4.52 Å². The second kappa shape index (κ2) is 6.34. The van der Waals surface area contributed by atoms with Crippen LogP contribution in [-0.2, 0) is 0 Å². The largest absolute Gasteiger partial charge is 0.355 e. The van der Waals surface area contributed by atoms with Gasteiger partial charge in [0.2, 0.25) is 0 Å². The fraction of sp³-hybridized carbons (Fsp3) is 0. The summed E-state index contributed by atoms with van der Waals surface area (Å²) >= 11 is 6.35. The van der Waals surface area contributed by atoms with E-state index in [9.17, 15) is 0 Å². The van der Waals surface area contributed by atoms with Crippen LogP contribution in [-0.4, -0.2) is 24.9 Å². The number of halogens is 1. The summed E-state index contributed by atoms with van der Waals surface area (Å²) in [4.78, 5) is 8.57. The van der Waals surface area contributed by atoms with Gasteiger partial charge in [0.25, 0.3) is 0 Å². The van der Waals surface area contributed by atoms with Gasteiger partial charge in [0.15, 0.2) is 11.4 Å². The first-order valence-electron chi connectivity index (χ1n) is 8.26. The third-order valence-electron chi connectivity index (χ3n) is 4.33. The highest BCUT2D eigenvalue weighted by Gasteiger charge is 2.19. The van der Waals surface area contributed by atoms with E-state index in [0.29, 0.717) is 22.1 Å². The molecule has 7 heteroatoms. The zero-order valence-electron chi connectivity index (χ0n) is 14.0. The van der Waals surface area contributed by atoms with Crippen LogP contribution in [0, 0.1) is 0 Å². The molecule has 0 N–H and O–H groups in total. The van der Waals surface area contributed by atoms with Crippen LogP contribution in [0.25, 0.3) is 39.2 Å². The quantitative estimate of drug-likeness (QED) is 0.454. The SMILES string of the molecule is Clc1ccccc1-c1noc2c(-c3cncnc3-n3cccn3)cccc12. The van der Waals surface area contributed by atoms with Crippen LogP contribution in [0.4, 0.5) is 0 Å². The van der Waals surface area contributed by atoms with Crippen molar-refractivity contribution < 1.29 is 4.52 Å². The highest BCUT2D eigenvalue weighted by molar-refractivity contribution is 6.33. The summed E-state index contributed by atoms with van der Waals surface area (Å²) < 4.78 is 7.42. The van der Waals surface area contributed by atoms with Crippen molar-refractivity contribution in [1.82, 2.24) is 24.9 Å². The lowest BCUT2D eigenvalue weighted by Crippen LogP contribution is -2.01. The summed E-state index contributed by atoms with van der Waals surface area (Å²) in [7, 11) is 0. The molecule has 0 radical (unpaired) electrons.